The molecule has 0 aliphatic rings. The Morgan fingerprint density at radius 2 is 2.36 bits per heavy atom. The molecular weight excluding hydrogens is 180 g/mol. The second-order valence-corrected chi connectivity index (χ2v) is 3.01. The van der Waals surface area contributed by atoms with E-state index in [2.05, 4.69) is 11.9 Å². The molecular formula is C10H14N2O2. The number of hydrogen-bond donors (Lipinski definition) is 2. The van der Waals surface area contributed by atoms with Gasteiger partial charge in [-0.15, -0.1) is 0 Å². The summed E-state index contributed by atoms with van der Waals surface area (Å²) in [5.74, 6) is 0.514. The van der Waals surface area contributed by atoms with Gasteiger partial charge in [0.2, 0.25) is 0 Å². The van der Waals surface area contributed by atoms with Crippen LogP contribution in [0.25, 0.3) is 5.70 Å². The highest BCUT2D eigenvalue weighted by molar-refractivity contribution is 5.92. The summed E-state index contributed by atoms with van der Waals surface area (Å²) >= 11 is 0. The molecule has 14 heavy (non-hydrogen) atoms. The minimum atomic E-state index is -0.233. The number of amides is 1. The molecule has 4 nitrogen and oxygen atoms in total. The fraction of sp³-hybridized carbons (Fsp3) is 0.300. The Morgan fingerprint density at radius 1 is 1.71 bits per heavy atom. The van der Waals surface area contributed by atoms with Crippen LogP contribution >= 0.6 is 0 Å². The first-order valence-corrected chi connectivity index (χ1v) is 4.39. The Kier molecular flexibility index (Phi) is 2.96. The van der Waals surface area contributed by atoms with Gasteiger partial charge in [-0.2, -0.15) is 0 Å². The fourth-order valence-electron chi connectivity index (χ4n) is 1.16. The van der Waals surface area contributed by atoms with E-state index in [1.54, 1.807) is 6.07 Å². The number of nitrogens with two attached hydrogens (primary N) is 1. The highest BCUT2D eigenvalue weighted by Crippen LogP contribution is 2.18. The number of rotatable bonds is 3. The molecule has 76 valence electrons. The van der Waals surface area contributed by atoms with Gasteiger partial charge in [-0.1, -0.05) is 6.58 Å². The Labute approximate surface area is 82.8 Å². The third kappa shape index (κ3) is 1.96. The van der Waals surface area contributed by atoms with Crippen molar-refractivity contribution in [3.8, 4) is 0 Å². The van der Waals surface area contributed by atoms with Crippen LogP contribution in [0.3, 0.4) is 0 Å². The van der Waals surface area contributed by atoms with Crippen molar-refractivity contribution in [1.29, 1.82) is 0 Å². The fourth-order valence-corrected chi connectivity index (χ4v) is 1.16. The Hall–Kier alpha value is -1.71. The third-order valence-corrected chi connectivity index (χ3v) is 1.77. The summed E-state index contributed by atoms with van der Waals surface area (Å²) in [4.78, 5) is 11.4. The molecule has 0 saturated heterocycles. The molecule has 0 unspecified atom stereocenters. The predicted octanol–water partition coefficient (Wildman–Crippen LogP) is 1.27. The van der Waals surface area contributed by atoms with Gasteiger partial charge in [-0.3, -0.25) is 4.79 Å². The molecule has 0 atom stereocenters. The lowest BCUT2D eigenvalue weighted by Gasteiger charge is -1.97. The second kappa shape index (κ2) is 4.00. The van der Waals surface area contributed by atoms with Gasteiger partial charge in [0.25, 0.3) is 5.91 Å². The normalized spacial score (nSPS) is 9.86. The molecule has 0 aromatic carbocycles. The summed E-state index contributed by atoms with van der Waals surface area (Å²) in [6.07, 6.45) is 0. The molecule has 0 aliphatic heterocycles. The van der Waals surface area contributed by atoms with E-state index in [0.29, 0.717) is 18.0 Å². The number of hydrogen-bond acceptors (Lipinski definition) is 3. The minimum absolute atomic E-state index is 0.233. The number of aryl methyl sites for hydroxylation is 1. The van der Waals surface area contributed by atoms with Crippen LogP contribution in [-0.4, -0.2) is 12.5 Å². The summed E-state index contributed by atoms with van der Waals surface area (Å²) in [7, 11) is 0. The predicted molar refractivity (Wildman–Crippen MR) is 54.7 cm³/mol. The van der Waals surface area contributed by atoms with Gasteiger partial charge in [0, 0.05) is 6.54 Å². The molecule has 0 saturated carbocycles. The van der Waals surface area contributed by atoms with Crippen molar-refractivity contribution in [3.05, 3.63) is 29.7 Å². The summed E-state index contributed by atoms with van der Waals surface area (Å²) in [6, 6.07) is 1.65. The molecule has 1 amide bonds. The van der Waals surface area contributed by atoms with Crippen molar-refractivity contribution >= 4 is 11.6 Å². The number of carbonyl (C=O) groups excluding carboxylic acids is 1. The van der Waals surface area contributed by atoms with Crippen molar-refractivity contribution in [1.82, 2.24) is 5.32 Å². The van der Waals surface area contributed by atoms with E-state index in [9.17, 15) is 4.79 Å². The molecule has 3 N–H and O–H groups in total. The van der Waals surface area contributed by atoms with E-state index >= 15 is 0 Å². The molecule has 1 rings (SSSR count). The van der Waals surface area contributed by atoms with Crippen molar-refractivity contribution in [2.24, 2.45) is 5.73 Å². The Balaban J connectivity index is 2.96. The van der Waals surface area contributed by atoms with Crippen LogP contribution in [0.1, 0.15) is 28.8 Å². The molecule has 0 spiro atoms. The van der Waals surface area contributed by atoms with Gasteiger partial charge in [0.15, 0.2) is 11.5 Å². The van der Waals surface area contributed by atoms with Gasteiger partial charge >= 0.3 is 0 Å². The zero-order chi connectivity index (χ0) is 10.7. The molecule has 0 aliphatic carbocycles. The van der Waals surface area contributed by atoms with Crippen molar-refractivity contribution in [2.75, 3.05) is 6.54 Å². The van der Waals surface area contributed by atoms with Gasteiger partial charge in [0.1, 0.15) is 0 Å². The maximum atomic E-state index is 11.4. The van der Waals surface area contributed by atoms with Crippen molar-refractivity contribution < 1.29 is 9.21 Å². The Bertz CT molecular complexity index is 366. The molecule has 1 aromatic heterocycles. The maximum Gasteiger partial charge on any atom is 0.287 e. The zero-order valence-corrected chi connectivity index (χ0v) is 8.39. The van der Waals surface area contributed by atoms with Crippen molar-refractivity contribution in [2.45, 2.75) is 13.8 Å². The summed E-state index contributed by atoms with van der Waals surface area (Å²) in [5, 5.41) is 2.64. The second-order valence-electron chi connectivity index (χ2n) is 3.01. The highest BCUT2D eigenvalue weighted by Gasteiger charge is 2.13. The van der Waals surface area contributed by atoms with Gasteiger partial charge < -0.3 is 15.5 Å². The molecule has 0 radical (unpaired) electrons. The molecule has 4 heteroatoms. The summed E-state index contributed by atoms with van der Waals surface area (Å²) in [6.45, 7) is 7.79. The molecule has 0 fully saturated rings. The largest absolute Gasteiger partial charge is 0.449 e. The molecule has 1 heterocycles. The van der Waals surface area contributed by atoms with Crippen LogP contribution in [0, 0.1) is 6.92 Å². The smallest absolute Gasteiger partial charge is 0.287 e. The van der Waals surface area contributed by atoms with E-state index < -0.39 is 0 Å². The number of carbonyl (C=O) groups is 1. The topological polar surface area (TPSA) is 68.3 Å². The monoisotopic (exact) mass is 194 g/mol. The van der Waals surface area contributed by atoms with Crippen molar-refractivity contribution in [3.63, 3.8) is 0 Å². The zero-order valence-electron chi connectivity index (χ0n) is 8.39. The molecule has 0 bridgehead atoms. The first-order valence-electron chi connectivity index (χ1n) is 4.39. The summed E-state index contributed by atoms with van der Waals surface area (Å²) < 4.78 is 5.25. The Morgan fingerprint density at radius 3 is 2.79 bits per heavy atom. The van der Waals surface area contributed by atoms with Crippen LogP contribution in [0.4, 0.5) is 0 Å². The van der Waals surface area contributed by atoms with Gasteiger partial charge in [-0.25, -0.2) is 0 Å². The average molecular weight is 194 g/mol. The minimum Gasteiger partial charge on any atom is -0.449 e. The third-order valence-electron chi connectivity index (χ3n) is 1.77. The number of nitrogens with one attached hydrogen (secondary N) is 1. The average Bonchev–Trinajstić information content (AvgIpc) is 2.48. The van der Waals surface area contributed by atoms with Crippen LogP contribution in [0.15, 0.2) is 17.1 Å². The SMILES string of the molecule is C=C(N)c1oc(C(=O)NCC)cc1C. The highest BCUT2D eigenvalue weighted by atomic mass is 16.4. The molecule has 1 aromatic rings. The van der Waals surface area contributed by atoms with E-state index in [1.165, 1.54) is 0 Å². The lowest BCUT2D eigenvalue weighted by atomic mass is 10.2. The van der Waals surface area contributed by atoms with Crippen LogP contribution < -0.4 is 11.1 Å². The van der Waals surface area contributed by atoms with Gasteiger partial charge in [-0.05, 0) is 25.5 Å². The first kappa shape index (κ1) is 10.4. The first-order chi connectivity index (χ1) is 6.56. The van der Waals surface area contributed by atoms with Crippen LogP contribution in [0.2, 0.25) is 0 Å². The van der Waals surface area contributed by atoms with Crippen LogP contribution in [-0.2, 0) is 0 Å². The van der Waals surface area contributed by atoms with Crippen LogP contribution in [0.5, 0.6) is 0 Å². The lowest BCUT2D eigenvalue weighted by Crippen LogP contribution is -2.21. The van der Waals surface area contributed by atoms with E-state index in [1.807, 2.05) is 13.8 Å². The lowest BCUT2D eigenvalue weighted by molar-refractivity contribution is 0.0927. The quantitative estimate of drug-likeness (QED) is 0.761. The maximum absolute atomic E-state index is 11.4. The standard InChI is InChI=1S/C10H14N2O2/c1-4-12-10(13)8-5-6(2)9(14-8)7(3)11/h5H,3-4,11H2,1-2H3,(H,12,13). The number of furan rings is 1. The summed E-state index contributed by atoms with van der Waals surface area (Å²) in [5.41, 5.74) is 6.63. The van der Waals surface area contributed by atoms with E-state index in [-0.39, 0.29) is 11.7 Å². The van der Waals surface area contributed by atoms with Gasteiger partial charge in [0.05, 0.1) is 5.70 Å². The van der Waals surface area contributed by atoms with E-state index in [4.69, 9.17) is 10.2 Å². The van der Waals surface area contributed by atoms with E-state index in [0.717, 1.165) is 5.56 Å².